The zero-order valence-corrected chi connectivity index (χ0v) is 9.51. The lowest BCUT2D eigenvalue weighted by atomic mass is 10.3. The van der Waals surface area contributed by atoms with Gasteiger partial charge in [-0.15, -0.1) is 0 Å². The Bertz CT molecular complexity index is 151. The molecule has 84 valence electrons. The summed E-state index contributed by atoms with van der Waals surface area (Å²) in [6.45, 7) is 4.98. The minimum absolute atomic E-state index is 0.194. The highest BCUT2D eigenvalue weighted by molar-refractivity contribution is 5.75. The number of amides is 1. The first kappa shape index (κ1) is 13.4. The normalized spacial score (nSPS) is 10.2. The molecular weight excluding hydrogens is 180 g/mol. The van der Waals surface area contributed by atoms with E-state index in [0.29, 0.717) is 13.0 Å². The van der Waals surface area contributed by atoms with Gasteiger partial charge in [-0.2, -0.15) is 0 Å². The Hall–Kier alpha value is -0.610. The molecule has 0 aliphatic rings. The molecular formula is C10H22N2O2. The van der Waals surface area contributed by atoms with Gasteiger partial charge in [-0.1, -0.05) is 0 Å². The lowest BCUT2D eigenvalue weighted by Gasteiger charge is -2.16. The lowest BCUT2D eigenvalue weighted by Crippen LogP contribution is -2.32. The summed E-state index contributed by atoms with van der Waals surface area (Å²) >= 11 is 0. The predicted octanol–water partition coefficient (Wildman–Crippen LogP) is 0.481. The van der Waals surface area contributed by atoms with Gasteiger partial charge in [0.05, 0.1) is 0 Å². The second kappa shape index (κ2) is 8.97. The van der Waals surface area contributed by atoms with Crippen LogP contribution in [-0.4, -0.2) is 51.2 Å². The van der Waals surface area contributed by atoms with Gasteiger partial charge < -0.3 is 15.0 Å². The molecule has 0 atom stereocenters. The monoisotopic (exact) mass is 202 g/mol. The molecule has 0 fully saturated rings. The van der Waals surface area contributed by atoms with Crippen molar-refractivity contribution in [1.29, 1.82) is 0 Å². The highest BCUT2D eigenvalue weighted by atomic mass is 16.5. The Morgan fingerprint density at radius 3 is 2.79 bits per heavy atom. The summed E-state index contributed by atoms with van der Waals surface area (Å²) in [7, 11) is 3.72. The van der Waals surface area contributed by atoms with E-state index in [1.807, 2.05) is 21.0 Å². The van der Waals surface area contributed by atoms with Crippen LogP contribution in [-0.2, 0) is 9.53 Å². The summed E-state index contributed by atoms with van der Waals surface area (Å²) in [5, 5.41) is 3.01. The molecule has 0 rings (SSSR count). The van der Waals surface area contributed by atoms with Gasteiger partial charge in [0.1, 0.15) is 0 Å². The molecule has 0 aliphatic heterocycles. The fourth-order valence-corrected chi connectivity index (χ4v) is 1.06. The van der Waals surface area contributed by atoms with Crippen molar-refractivity contribution < 1.29 is 9.53 Å². The lowest BCUT2D eigenvalue weighted by molar-refractivity contribution is -0.130. The van der Waals surface area contributed by atoms with Crippen LogP contribution in [0.3, 0.4) is 0 Å². The van der Waals surface area contributed by atoms with Crippen molar-refractivity contribution in [3.05, 3.63) is 0 Å². The quantitative estimate of drug-likeness (QED) is 0.582. The molecule has 0 aliphatic carbocycles. The van der Waals surface area contributed by atoms with Gasteiger partial charge >= 0.3 is 0 Å². The molecule has 0 unspecified atom stereocenters. The van der Waals surface area contributed by atoms with Crippen LogP contribution in [0.2, 0.25) is 0 Å². The fraction of sp³-hybridized carbons (Fsp3) is 0.900. The van der Waals surface area contributed by atoms with E-state index < -0.39 is 0 Å². The highest BCUT2D eigenvalue weighted by Crippen LogP contribution is 1.95. The Balaban J connectivity index is 3.42. The molecule has 0 saturated carbocycles. The number of likely N-dealkylation sites (N-methyl/N-ethyl adjacent to an activating group) is 2. The molecule has 4 heteroatoms. The van der Waals surface area contributed by atoms with Gasteiger partial charge in [-0.25, -0.2) is 0 Å². The number of hydrogen-bond donors (Lipinski definition) is 1. The largest absolute Gasteiger partial charge is 0.382 e. The summed E-state index contributed by atoms with van der Waals surface area (Å²) in [6, 6.07) is 0. The Morgan fingerprint density at radius 2 is 2.21 bits per heavy atom. The van der Waals surface area contributed by atoms with E-state index in [1.54, 1.807) is 4.90 Å². The molecule has 0 radical (unpaired) electrons. The number of carbonyl (C=O) groups excluding carboxylic acids is 1. The maximum atomic E-state index is 11.5. The third-order valence-electron chi connectivity index (χ3n) is 2.01. The van der Waals surface area contributed by atoms with E-state index in [9.17, 15) is 4.79 Å². The summed E-state index contributed by atoms with van der Waals surface area (Å²) in [5.74, 6) is 0.194. The Kier molecular flexibility index (Phi) is 8.57. The van der Waals surface area contributed by atoms with Crippen molar-refractivity contribution in [2.45, 2.75) is 19.8 Å². The minimum atomic E-state index is 0.194. The van der Waals surface area contributed by atoms with Crippen molar-refractivity contribution in [3.63, 3.8) is 0 Å². The number of carbonyl (C=O) groups is 1. The molecule has 0 bridgehead atoms. The van der Waals surface area contributed by atoms with Crippen molar-refractivity contribution in [2.24, 2.45) is 0 Å². The molecule has 0 aromatic carbocycles. The van der Waals surface area contributed by atoms with Gasteiger partial charge in [-0.3, -0.25) is 4.79 Å². The molecule has 1 N–H and O–H groups in total. The van der Waals surface area contributed by atoms with E-state index in [-0.39, 0.29) is 5.91 Å². The van der Waals surface area contributed by atoms with Crippen LogP contribution in [0, 0.1) is 0 Å². The van der Waals surface area contributed by atoms with Gasteiger partial charge in [0, 0.05) is 39.8 Å². The third kappa shape index (κ3) is 6.86. The Labute approximate surface area is 86.6 Å². The number of nitrogens with zero attached hydrogens (tertiary/aromatic N) is 1. The first-order valence-corrected chi connectivity index (χ1v) is 5.18. The molecule has 0 heterocycles. The first-order chi connectivity index (χ1) is 6.72. The SMILES string of the molecule is CCOCCCC(=O)N(C)CCNC. The van der Waals surface area contributed by atoms with Crippen LogP contribution < -0.4 is 5.32 Å². The predicted molar refractivity (Wildman–Crippen MR) is 57.3 cm³/mol. The van der Waals surface area contributed by atoms with Gasteiger partial charge in [-0.05, 0) is 20.4 Å². The summed E-state index contributed by atoms with van der Waals surface area (Å²) < 4.78 is 5.16. The number of nitrogens with one attached hydrogen (secondary N) is 1. The van der Waals surface area contributed by atoms with E-state index >= 15 is 0 Å². The Morgan fingerprint density at radius 1 is 1.50 bits per heavy atom. The number of hydrogen-bond acceptors (Lipinski definition) is 3. The molecule has 0 spiro atoms. The van der Waals surface area contributed by atoms with Crippen LogP contribution >= 0.6 is 0 Å². The summed E-state index contributed by atoms with van der Waals surface area (Å²) in [4.78, 5) is 13.2. The van der Waals surface area contributed by atoms with Gasteiger partial charge in [0.2, 0.25) is 5.91 Å². The smallest absolute Gasteiger partial charge is 0.222 e. The fourth-order valence-electron chi connectivity index (χ4n) is 1.06. The van der Waals surface area contributed by atoms with Gasteiger partial charge in [0.25, 0.3) is 0 Å². The average Bonchev–Trinajstić information content (AvgIpc) is 2.20. The summed E-state index contributed by atoms with van der Waals surface area (Å²) in [5.41, 5.74) is 0. The van der Waals surface area contributed by atoms with Crippen LogP contribution in [0.4, 0.5) is 0 Å². The van der Waals surface area contributed by atoms with Crippen molar-refractivity contribution in [1.82, 2.24) is 10.2 Å². The van der Waals surface area contributed by atoms with Crippen LogP contribution in [0.25, 0.3) is 0 Å². The maximum absolute atomic E-state index is 11.5. The molecule has 14 heavy (non-hydrogen) atoms. The molecule has 0 aromatic heterocycles. The van der Waals surface area contributed by atoms with E-state index in [2.05, 4.69) is 5.32 Å². The van der Waals surface area contributed by atoms with Crippen LogP contribution in [0.15, 0.2) is 0 Å². The molecule has 0 saturated heterocycles. The molecule has 1 amide bonds. The second-order valence-electron chi connectivity index (χ2n) is 3.22. The number of ether oxygens (including phenoxy) is 1. The average molecular weight is 202 g/mol. The van der Waals surface area contributed by atoms with Gasteiger partial charge in [0.15, 0.2) is 0 Å². The van der Waals surface area contributed by atoms with E-state index in [0.717, 1.165) is 26.1 Å². The molecule has 0 aromatic rings. The first-order valence-electron chi connectivity index (χ1n) is 5.18. The summed E-state index contributed by atoms with van der Waals surface area (Å²) in [6.07, 6.45) is 1.40. The zero-order chi connectivity index (χ0) is 10.8. The van der Waals surface area contributed by atoms with Crippen molar-refractivity contribution in [3.8, 4) is 0 Å². The topological polar surface area (TPSA) is 41.6 Å². The molecule has 4 nitrogen and oxygen atoms in total. The highest BCUT2D eigenvalue weighted by Gasteiger charge is 2.06. The van der Waals surface area contributed by atoms with Crippen LogP contribution in [0.1, 0.15) is 19.8 Å². The second-order valence-corrected chi connectivity index (χ2v) is 3.22. The zero-order valence-electron chi connectivity index (χ0n) is 9.51. The van der Waals surface area contributed by atoms with E-state index in [4.69, 9.17) is 4.74 Å². The maximum Gasteiger partial charge on any atom is 0.222 e. The number of rotatable bonds is 8. The standard InChI is InChI=1S/C10H22N2O2/c1-4-14-9-5-6-10(13)12(3)8-7-11-2/h11H,4-9H2,1-3H3. The minimum Gasteiger partial charge on any atom is -0.382 e. The van der Waals surface area contributed by atoms with Crippen molar-refractivity contribution in [2.75, 3.05) is 40.4 Å². The van der Waals surface area contributed by atoms with Crippen molar-refractivity contribution >= 4 is 5.91 Å². The van der Waals surface area contributed by atoms with E-state index in [1.165, 1.54) is 0 Å². The van der Waals surface area contributed by atoms with Crippen LogP contribution in [0.5, 0.6) is 0 Å². The third-order valence-corrected chi connectivity index (χ3v) is 2.01.